The first-order chi connectivity index (χ1) is 8.66. The molecule has 0 amide bonds. The van der Waals surface area contributed by atoms with Crippen LogP contribution in [0.2, 0.25) is 0 Å². The fraction of sp³-hybridized carbons (Fsp3) is 0.643. The third kappa shape index (κ3) is 3.28. The minimum atomic E-state index is -0.402. The van der Waals surface area contributed by atoms with Crippen molar-refractivity contribution < 1.29 is 19.0 Å². The molecule has 0 bridgehead atoms. The Balaban J connectivity index is 1.73. The van der Waals surface area contributed by atoms with Gasteiger partial charge < -0.3 is 14.2 Å². The Morgan fingerprint density at radius 3 is 2.83 bits per heavy atom. The number of esters is 1. The van der Waals surface area contributed by atoms with Crippen LogP contribution >= 0.6 is 0 Å². The normalized spacial score (nSPS) is 23.8. The van der Waals surface area contributed by atoms with E-state index in [-0.39, 0.29) is 12.9 Å². The summed E-state index contributed by atoms with van der Waals surface area (Å²) in [6.07, 6.45) is 7.46. The molecular formula is C14H20O4. The molecule has 0 aromatic heterocycles. The molecule has 2 aliphatic rings. The smallest absolute Gasteiger partial charge is 0.333 e. The van der Waals surface area contributed by atoms with Gasteiger partial charge in [-0.2, -0.15) is 0 Å². The first kappa shape index (κ1) is 13.0. The third-order valence-corrected chi connectivity index (χ3v) is 3.33. The van der Waals surface area contributed by atoms with Gasteiger partial charge in [-0.25, -0.2) is 4.79 Å². The zero-order valence-electron chi connectivity index (χ0n) is 10.8. The van der Waals surface area contributed by atoms with Crippen molar-refractivity contribution in [3.05, 3.63) is 24.2 Å². The molecular weight excluding hydrogens is 232 g/mol. The van der Waals surface area contributed by atoms with E-state index in [4.69, 9.17) is 14.2 Å². The lowest BCUT2D eigenvalue weighted by atomic mass is 9.89. The molecule has 0 N–H and O–H groups in total. The van der Waals surface area contributed by atoms with Gasteiger partial charge in [0.15, 0.2) is 12.4 Å². The van der Waals surface area contributed by atoms with Crippen LogP contribution in [0.4, 0.5) is 0 Å². The van der Waals surface area contributed by atoms with Crippen molar-refractivity contribution in [2.75, 3.05) is 6.61 Å². The molecule has 1 atom stereocenters. The van der Waals surface area contributed by atoms with Gasteiger partial charge in [0.05, 0.1) is 0 Å². The Morgan fingerprint density at radius 1 is 1.44 bits per heavy atom. The molecule has 0 saturated heterocycles. The van der Waals surface area contributed by atoms with E-state index in [0.717, 1.165) is 12.8 Å². The summed E-state index contributed by atoms with van der Waals surface area (Å²) >= 11 is 0. The average Bonchev–Trinajstić information content (AvgIpc) is 2.85. The lowest BCUT2D eigenvalue weighted by molar-refractivity contribution is -0.140. The number of rotatable bonds is 4. The molecule has 1 heterocycles. The summed E-state index contributed by atoms with van der Waals surface area (Å²) in [4.78, 5) is 11.2. The summed E-state index contributed by atoms with van der Waals surface area (Å²) in [6.45, 7) is 5.26. The maximum atomic E-state index is 11.2. The molecule has 1 saturated carbocycles. The average molecular weight is 252 g/mol. The van der Waals surface area contributed by atoms with E-state index < -0.39 is 5.97 Å². The molecule has 2 rings (SSSR count). The molecule has 4 nitrogen and oxygen atoms in total. The van der Waals surface area contributed by atoms with Gasteiger partial charge in [0.25, 0.3) is 0 Å². The maximum absolute atomic E-state index is 11.2. The number of hydrogen-bond donors (Lipinski definition) is 0. The molecule has 100 valence electrons. The quantitative estimate of drug-likeness (QED) is 0.570. The van der Waals surface area contributed by atoms with Crippen LogP contribution in [0.15, 0.2) is 24.2 Å². The van der Waals surface area contributed by atoms with Gasteiger partial charge in [-0.1, -0.05) is 25.8 Å². The lowest BCUT2D eigenvalue weighted by Gasteiger charge is -2.26. The molecule has 0 radical (unpaired) electrons. The molecule has 1 unspecified atom stereocenters. The SMILES string of the molecule is C=C(C)C(=O)OCC1=COC(C2CCCCC2)O1. The highest BCUT2D eigenvalue weighted by Gasteiger charge is 2.30. The van der Waals surface area contributed by atoms with Gasteiger partial charge in [0.1, 0.15) is 6.26 Å². The molecule has 0 spiro atoms. The molecule has 0 aromatic carbocycles. The molecule has 0 aromatic rings. The highest BCUT2D eigenvalue weighted by Crippen LogP contribution is 2.32. The van der Waals surface area contributed by atoms with Crippen molar-refractivity contribution in [3.63, 3.8) is 0 Å². The van der Waals surface area contributed by atoms with Crippen LogP contribution in [-0.4, -0.2) is 18.9 Å². The van der Waals surface area contributed by atoms with Gasteiger partial charge in [0.2, 0.25) is 6.29 Å². The molecule has 1 fully saturated rings. The lowest BCUT2D eigenvalue weighted by Crippen LogP contribution is -2.24. The van der Waals surface area contributed by atoms with Crippen molar-refractivity contribution in [1.82, 2.24) is 0 Å². The van der Waals surface area contributed by atoms with E-state index in [0.29, 0.717) is 17.3 Å². The van der Waals surface area contributed by atoms with E-state index in [1.165, 1.54) is 19.3 Å². The van der Waals surface area contributed by atoms with Gasteiger partial charge in [-0.15, -0.1) is 0 Å². The molecule has 1 aliphatic carbocycles. The Morgan fingerprint density at radius 2 is 2.17 bits per heavy atom. The zero-order chi connectivity index (χ0) is 13.0. The van der Waals surface area contributed by atoms with Crippen LogP contribution < -0.4 is 0 Å². The van der Waals surface area contributed by atoms with Crippen LogP contribution in [0, 0.1) is 5.92 Å². The predicted octanol–water partition coefficient (Wildman–Crippen LogP) is 2.90. The Labute approximate surface area is 108 Å². The van der Waals surface area contributed by atoms with Crippen molar-refractivity contribution in [2.24, 2.45) is 5.92 Å². The summed E-state index contributed by atoms with van der Waals surface area (Å²) in [5.41, 5.74) is 0.387. The van der Waals surface area contributed by atoms with E-state index in [2.05, 4.69) is 6.58 Å². The first-order valence-corrected chi connectivity index (χ1v) is 6.50. The van der Waals surface area contributed by atoms with Crippen LogP contribution in [0.3, 0.4) is 0 Å². The fourth-order valence-corrected chi connectivity index (χ4v) is 2.29. The standard InChI is InChI=1S/C14H20O4/c1-10(2)13(15)16-8-12-9-17-14(18-12)11-6-4-3-5-7-11/h9,11,14H,1,3-8H2,2H3. The van der Waals surface area contributed by atoms with Crippen LogP contribution in [-0.2, 0) is 19.0 Å². The summed E-state index contributed by atoms with van der Waals surface area (Å²) < 4.78 is 16.2. The summed E-state index contributed by atoms with van der Waals surface area (Å²) in [6, 6.07) is 0. The topological polar surface area (TPSA) is 44.8 Å². The second-order valence-electron chi connectivity index (χ2n) is 4.96. The van der Waals surface area contributed by atoms with Gasteiger partial charge in [0, 0.05) is 11.5 Å². The zero-order valence-corrected chi connectivity index (χ0v) is 10.8. The molecule has 1 aliphatic heterocycles. The van der Waals surface area contributed by atoms with Gasteiger partial charge >= 0.3 is 5.97 Å². The van der Waals surface area contributed by atoms with Crippen LogP contribution in [0.5, 0.6) is 0 Å². The van der Waals surface area contributed by atoms with Crippen molar-refractivity contribution in [3.8, 4) is 0 Å². The van der Waals surface area contributed by atoms with E-state index >= 15 is 0 Å². The highest BCUT2D eigenvalue weighted by atomic mass is 16.7. The Bertz CT molecular complexity index is 353. The second-order valence-corrected chi connectivity index (χ2v) is 4.96. The highest BCUT2D eigenvalue weighted by molar-refractivity contribution is 5.87. The molecule has 18 heavy (non-hydrogen) atoms. The number of hydrogen-bond acceptors (Lipinski definition) is 4. The van der Waals surface area contributed by atoms with E-state index in [1.807, 2.05) is 0 Å². The summed E-state index contributed by atoms with van der Waals surface area (Å²) in [7, 11) is 0. The second kappa shape index (κ2) is 5.94. The van der Waals surface area contributed by atoms with Crippen molar-refractivity contribution in [2.45, 2.75) is 45.3 Å². The summed E-state index contributed by atoms with van der Waals surface area (Å²) in [5, 5.41) is 0. The Kier molecular flexibility index (Phi) is 4.28. The third-order valence-electron chi connectivity index (χ3n) is 3.33. The maximum Gasteiger partial charge on any atom is 0.333 e. The van der Waals surface area contributed by atoms with E-state index in [1.54, 1.807) is 13.2 Å². The number of carbonyl (C=O) groups is 1. The number of ether oxygens (including phenoxy) is 3. The van der Waals surface area contributed by atoms with Crippen molar-refractivity contribution in [1.29, 1.82) is 0 Å². The first-order valence-electron chi connectivity index (χ1n) is 6.50. The Hall–Kier alpha value is -1.45. The van der Waals surface area contributed by atoms with Crippen LogP contribution in [0.1, 0.15) is 39.0 Å². The minimum Gasteiger partial charge on any atom is -0.459 e. The summed E-state index contributed by atoms with van der Waals surface area (Å²) in [5.74, 6) is 0.644. The van der Waals surface area contributed by atoms with Gasteiger partial charge in [-0.3, -0.25) is 0 Å². The van der Waals surface area contributed by atoms with Crippen molar-refractivity contribution >= 4 is 5.97 Å². The molecule has 4 heteroatoms. The van der Waals surface area contributed by atoms with Crippen LogP contribution in [0.25, 0.3) is 0 Å². The largest absolute Gasteiger partial charge is 0.459 e. The van der Waals surface area contributed by atoms with Gasteiger partial charge in [-0.05, 0) is 19.8 Å². The minimum absolute atomic E-state index is 0.120. The fourth-order valence-electron chi connectivity index (χ4n) is 2.29. The number of carbonyl (C=O) groups excluding carboxylic acids is 1. The van der Waals surface area contributed by atoms with E-state index in [9.17, 15) is 4.79 Å². The predicted molar refractivity (Wildman–Crippen MR) is 66.4 cm³/mol. The monoisotopic (exact) mass is 252 g/mol.